The molecule has 0 saturated carbocycles. The van der Waals surface area contributed by atoms with Crippen LogP contribution in [0.1, 0.15) is 163 Å². The molecule has 1 rings (SSSR count). The Morgan fingerprint density at radius 1 is 0.419 bits per heavy atom. The minimum absolute atomic E-state index is 0.0156. The van der Waals surface area contributed by atoms with Gasteiger partial charge in [-0.2, -0.15) is 0 Å². The predicted molar refractivity (Wildman–Crippen MR) is 333 cm³/mol. The van der Waals surface area contributed by atoms with Crippen LogP contribution in [0.15, 0.2) is 12.2 Å². The van der Waals surface area contributed by atoms with E-state index in [2.05, 4.69) is 21.3 Å². The second-order valence-electron chi connectivity index (χ2n) is 26.5. The van der Waals surface area contributed by atoms with E-state index in [1.165, 1.54) is 94.6 Å². The summed E-state index contributed by atoms with van der Waals surface area (Å²) in [7, 11) is 9.95. The molecular weight excluding hydrogens is 1100 g/mol. The van der Waals surface area contributed by atoms with Crippen molar-refractivity contribution in [2.75, 3.05) is 49.3 Å². The Balaban J connectivity index is 4.37. The topological polar surface area (TPSA) is 279 Å². The second-order valence-corrected chi connectivity index (χ2v) is 26.5. The van der Waals surface area contributed by atoms with Gasteiger partial charge in [0, 0.05) is 49.3 Å². The van der Waals surface area contributed by atoms with Crippen molar-refractivity contribution in [2.24, 2.45) is 41.4 Å². The number of nitrogens with zero attached hydrogens (tertiary/aromatic N) is 7. The Morgan fingerprint density at radius 2 is 0.814 bits per heavy atom. The van der Waals surface area contributed by atoms with Crippen LogP contribution in [0.3, 0.4) is 0 Å². The first-order valence-corrected chi connectivity index (χ1v) is 31.0. The number of hydrogen-bond donors (Lipinski definition) is 5. The van der Waals surface area contributed by atoms with E-state index in [1.54, 1.807) is 54.5 Å². The third-order valence-electron chi connectivity index (χ3n) is 16.6. The summed E-state index contributed by atoms with van der Waals surface area (Å²) in [6.07, 6.45) is 3.02. The molecule has 0 aromatic carbocycles. The Bertz CT molecular complexity index is 2360. The minimum atomic E-state index is -1.62. The maximum Gasteiger partial charge on any atom is 0.246 e. The Hall–Kier alpha value is -6.13. The predicted octanol–water partition coefficient (Wildman–Crippen LogP) is 3.66. The Kier molecular flexibility index (Phi) is 31.7. The third kappa shape index (κ3) is 21.0. The van der Waals surface area contributed by atoms with Gasteiger partial charge in [0.05, 0.1) is 6.10 Å². The molecule has 1 aliphatic rings. The summed E-state index contributed by atoms with van der Waals surface area (Å²) in [5.74, 6) is -9.74. The fourth-order valence-corrected chi connectivity index (χ4v) is 10.9. The van der Waals surface area contributed by atoms with Crippen molar-refractivity contribution < 1.29 is 57.8 Å². The summed E-state index contributed by atoms with van der Waals surface area (Å²) in [5.41, 5.74) is 0. The zero-order valence-corrected chi connectivity index (χ0v) is 56.9. The average Bonchev–Trinajstić information content (AvgIpc) is 2.82. The molecule has 1 heterocycles. The van der Waals surface area contributed by atoms with Gasteiger partial charge in [-0.3, -0.25) is 52.7 Å². The number of amides is 11. The first kappa shape index (κ1) is 77.9. The lowest BCUT2D eigenvalue weighted by molar-refractivity contribution is -0.157. The quantitative estimate of drug-likeness (QED) is 0.147. The molecule has 11 amide bonds. The minimum Gasteiger partial charge on any atom is -0.390 e. The zero-order chi connectivity index (χ0) is 66.8. The summed E-state index contributed by atoms with van der Waals surface area (Å²) < 4.78 is 0. The molecule has 23 nitrogen and oxygen atoms in total. The van der Waals surface area contributed by atoms with Crippen LogP contribution in [0.2, 0.25) is 0 Å². The molecule has 0 spiro atoms. The summed E-state index contributed by atoms with van der Waals surface area (Å²) in [4.78, 5) is 170. The maximum absolute atomic E-state index is 15.2. The van der Waals surface area contributed by atoms with Gasteiger partial charge in [0.25, 0.3) is 0 Å². The molecular formula is C63H113N11O12. The third-order valence-corrected chi connectivity index (χ3v) is 16.6. The van der Waals surface area contributed by atoms with Gasteiger partial charge < -0.3 is 60.7 Å². The van der Waals surface area contributed by atoms with Crippen LogP contribution in [-0.4, -0.2) is 226 Å². The van der Waals surface area contributed by atoms with Crippen molar-refractivity contribution in [1.82, 2.24) is 55.6 Å². The Morgan fingerprint density at radius 3 is 1.24 bits per heavy atom. The molecule has 1 aliphatic heterocycles. The van der Waals surface area contributed by atoms with Crippen LogP contribution >= 0.6 is 0 Å². The molecule has 13 atom stereocenters. The smallest absolute Gasteiger partial charge is 0.246 e. The van der Waals surface area contributed by atoms with Crippen molar-refractivity contribution in [1.29, 1.82) is 0 Å². The number of allylic oxidation sites excluding steroid dienone is 2. The first-order valence-electron chi connectivity index (χ1n) is 31.0. The van der Waals surface area contributed by atoms with E-state index in [4.69, 9.17) is 0 Å². The van der Waals surface area contributed by atoms with Crippen molar-refractivity contribution in [3.05, 3.63) is 12.2 Å². The van der Waals surface area contributed by atoms with E-state index in [-0.39, 0.29) is 55.8 Å². The normalized spacial score (nSPS) is 27.6. The number of hydrogen-bond acceptors (Lipinski definition) is 12. The van der Waals surface area contributed by atoms with Gasteiger partial charge >= 0.3 is 0 Å². The molecule has 492 valence electrons. The lowest BCUT2D eigenvalue weighted by Crippen LogP contribution is -2.64. The molecule has 0 aliphatic carbocycles. The van der Waals surface area contributed by atoms with Crippen LogP contribution < -0.4 is 21.3 Å². The van der Waals surface area contributed by atoms with E-state index < -0.39 is 155 Å². The summed E-state index contributed by atoms with van der Waals surface area (Å²) in [5, 5.41) is 23.1. The van der Waals surface area contributed by atoms with E-state index in [0.29, 0.717) is 6.42 Å². The number of rotatable bonds is 15. The number of carbonyl (C=O) groups excluding carboxylic acids is 11. The van der Waals surface area contributed by atoms with Gasteiger partial charge in [-0.25, -0.2) is 0 Å². The van der Waals surface area contributed by atoms with Crippen LogP contribution in [0.25, 0.3) is 0 Å². The molecule has 0 bridgehead atoms. The average molecular weight is 1220 g/mol. The van der Waals surface area contributed by atoms with Crippen molar-refractivity contribution in [3.8, 4) is 0 Å². The number of carbonyl (C=O) groups is 11. The molecule has 0 aromatic rings. The highest BCUT2D eigenvalue weighted by atomic mass is 16.3. The van der Waals surface area contributed by atoms with Gasteiger partial charge in [0.15, 0.2) is 0 Å². The second kappa shape index (κ2) is 35.0. The molecule has 5 N–H and O–H groups in total. The fourth-order valence-electron chi connectivity index (χ4n) is 10.9. The van der Waals surface area contributed by atoms with Crippen LogP contribution in [0.4, 0.5) is 0 Å². The van der Waals surface area contributed by atoms with E-state index in [0.717, 1.165) is 9.80 Å². The van der Waals surface area contributed by atoms with Crippen LogP contribution in [-0.2, 0) is 52.7 Å². The number of likely N-dealkylation sites (N-methyl/N-ethyl adjacent to an activating group) is 7. The van der Waals surface area contributed by atoms with Crippen LogP contribution in [0, 0.1) is 41.4 Å². The number of aliphatic hydroxyl groups excluding tert-OH is 1. The molecule has 0 aromatic heterocycles. The summed E-state index contributed by atoms with van der Waals surface area (Å²) >= 11 is 0. The van der Waals surface area contributed by atoms with Gasteiger partial charge in [-0.15, -0.1) is 0 Å². The number of nitrogens with one attached hydrogen (secondary N) is 4. The van der Waals surface area contributed by atoms with Gasteiger partial charge in [0.1, 0.15) is 66.5 Å². The largest absolute Gasteiger partial charge is 0.390 e. The number of aliphatic hydroxyl groups is 1. The first-order chi connectivity index (χ1) is 39.6. The Labute approximate surface area is 515 Å². The van der Waals surface area contributed by atoms with Crippen molar-refractivity contribution in [3.63, 3.8) is 0 Å². The monoisotopic (exact) mass is 1220 g/mol. The molecule has 86 heavy (non-hydrogen) atoms. The maximum atomic E-state index is 15.2. The van der Waals surface area contributed by atoms with Crippen molar-refractivity contribution in [2.45, 2.75) is 236 Å². The summed E-state index contributed by atoms with van der Waals surface area (Å²) in [6.45, 7) is 31.4. The van der Waals surface area contributed by atoms with Crippen molar-refractivity contribution >= 4 is 65.0 Å². The van der Waals surface area contributed by atoms with Gasteiger partial charge in [0.2, 0.25) is 65.0 Å². The van der Waals surface area contributed by atoms with Crippen LogP contribution in [0.5, 0.6) is 0 Å². The zero-order valence-electron chi connectivity index (χ0n) is 56.9. The molecule has 0 unspecified atom stereocenters. The lowest BCUT2D eigenvalue weighted by Gasteiger charge is -2.41. The molecule has 23 heteroatoms. The summed E-state index contributed by atoms with van der Waals surface area (Å²) in [6, 6.07) is -13.6. The van der Waals surface area contributed by atoms with Gasteiger partial charge in [-0.1, -0.05) is 109 Å². The van der Waals surface area contributed by atoms with E-state index >= 15 is 9.59 Å². The van der Waals surface area contributed by atoms with E-state index in [9.17, 15) is 48.3 Å². The standard InChI is InChI=1S/C63H113N11O12/c1-26-28-29-40(15)52(75)51-56(79)66-44(27-2)59(82)68(19)43(18)58(81)69(20)46(31-35(5)6)55(78)67-49(38(11)12)62(85)70(21)45(30-34(3)4)54(77)64-41(16)53(76)65-42(17)57(80)71(22)47(32-36(7)8)60(83)72(23)48(33-37(9)10)61(84)73(24)50(39(13)14)63(86)74(51)25/h26,28,34-52,75H,27,29-33H2,1-25H3,(H,64,77)(H,65,76)(H,66,79)(H,67,78)/b28-26+/t40-,41+,42-,43+,44+,45+,46+,47+,48+,49+,50+,51+,52-/m1/s1. The lowest BCUT2D eigenvalue weighted by atomic mass is 9.91. The van der Waals surface area contributed by atoms with E-state index in [1.807, 2.05) is 61.5 Å². The fraction of sp³-hybridized carbons (Fsp3) is 0.794. The molecule has 1 saturated heterocycles. The van der Waals surface area contributed by atoms with Gasteiger partial charge in [-0.05, 0) is 108 Å². The SMILES string of the molecule is C/C=C/C[C@@H](C)[C@@H](O)[C@H]1C(=O)N[C@@H](CC)C(=O)N(C)[C@@H](C)C(=O)N(C)[C@@H](CC(C)C)C(=O)N[C@@H](C(C)C)C(=O)N(C)[C@@H](CC(C)C)C(=O)N[C@@H](C)C(=O)N[C@H](C)C(=O)N(C)[C@@H](CC(C)C)C(=O)N(C)[C@@H](CC(C)C)C(=O)N(C)[C@@H](C(C)C)C(=O)N1C. The molecule has 0 radical (unpaired) electrons. The highest BCUT2D eigenvalue weighted by molar-refractivity contribution is 6.00. The molecule has 1 fully saturated rings. The highest BCUT2D eigenvalue weighted by Gasteiger charge is 2.46. The highest BCUT2D eigenvalue weighted by Crippen LogP contribution is 2.26.